The van der Waals surface area contributed by atoms with E-state index in [0.29, 0.717) is 24.0 Å². The average molecular weight is 270 g/mol. The van der Waals surface area contributed by atoms with E-state index >= 15 is 0 Å². The van der Waals surface area contributed by atoms with Gasteiger partial charge in [0.05, 0.1) is 5.41 Å². The first kappa shape index (κ1) is 15.0. The van der Waals surface area contributed by atoms with Crippen LogP contribution in [0.2, 0.25) is 0 Å². The molecule has 18 heavy (non-hydrogen) atoms. The van der Waals surface area contributed by atoms with Crippen LogP contribution in [0.25, 0.3) is 0 Å². The largest absolute Gasteiger partial charge is 0.329 e. The van der Waals surface area contributed by atoms with Crippen molar-refractivity contribution in [1.82, 2.24) is 10.2 Å². The number of hydrogen-bond acceptors (Lipinski definition) is 5. The molecule has 1 aromatic rings. The molecule has 5 nitrogen and oxygen atoms in total. The highest BCUT2D eigenvalue weighted by Crippen LogP contribution is 2.24. The summed E-state index contributed by atoms with van der Waals surface area (Å²) in [6.07, 6.45) is 1.59. The van der Waals surface area contributed by atoms with Crippen LogP contribution in [0.15, 0.2) is 0 Å². The summed E-state index contributed by atoms with van der Waals surface area (Å²) in [5, 5.41) is 12.4. The molecule has 0 bridgehead atoms. The zero-order valence-corrected chi connectivity index (χ0v) is 12.3. The van der Waals surface area contributed by atoms with Crippen LogP contribution >= 0.6 is 11.3 Å². The SMILES string of the molecule is CCC(C)(CN)C(=O)Nc1nnc(CC(C)C)s1. The standard InChI is InChI=1S/C12H22N4OS/c1-5-12(4,7-13)10(17)14-11-16-15-9(18-11)6-8(2)3/h8H,5-7,13H2,1-4H3,(H,14,16,17). The molecule has 0 aliphatic rings. The fourth-order valence-electron chi connectivity index (χ4n) is 1.38. The molecule has 1 heterocycles. The quantitative estimate of drug-likeness (QED) is 0.829. The third-order valence-electron chi connectivity index (χ3n) is 3.05. The molecule has 1 unspecified atom stereocenters. The molecule has 0 saturated carbocycles. The monoisotopic (exact) mass is 270 g/mol. The van der Waals surface area contributed by atoms with Crippen LogP contribution in [-0.2, 0) is 11.2 Å². The molecule has 3 N–H and O–H groups in total. The number of carbonyl (C=O) groups excluding carboxylic acids is 1. The number of nitrogens with two attached hydrogens (primary N) is 1. The molecule has 1 amide bonds. The second-order valence-corrected chi connectivity index (χ2v) is 6.23. The van der Waals surface area contributed by atoms with Gasteiger partial charge in [-0.25, -0.2) is 0 Å². The summed E-state index contributed by atoms with van der Waals surface area (Å²) < 4.78 is 0. The minimum absolute atomic E-state index is 0.0836. The number of carbonyl (C=O) groups is 1. The van der Waals surface area contributed by atoms with Crippen molar-refractivity contribution in [2.45, 2.75) is 40.5 Å². The van der Waals surface area contributed by atoms with Gasteiger partial charge in [0.1, 0.15) is 5.01 Å². The van der Waals surface area contributed by atoms with Gasteiger partial charge in [-0.2, -0.15) is 0 Å². The molecule has 0 saturated heterocycles. The van der Waals surface area contributed by atoms with Gasteiger partial charge in [0.2, 0.25) is 11.0 Å². The molecule has 0 aromatic carbocycles. The van der Waals surface area contributed by atoms with E-state index in [0.717, 1.165) is 11.4 Å². The molecule has 0 radical (unpaired) electrons. The molecule has 0 fully saturated rings. The van der Waals surface area contributed by atoms with E-state index in [4.69, 9.17) is 5.73 Å². The Morgan fingerprint density at radius 2 is 2.17 bits per heavy atom. The molecule has 6 heteroatoms. The van der Waals surface area contributed by atoms with Gasteiger partial charge < -0.3 is 11.1 Å². The van der Waals surface area contributed by atoms with E-state index in [1.165, 1.54) is 11.3 Å². The van der Waals surface area contributed by atoms with Crippen molar-refractivity contribution in [2.75, 3.05) is 11.9 Å². The highest BCUT2D eigenvalue weighted by atomic mass is 32.1. The lowest BCUT2D eigenvalue weighted by molar-refractivity contribution is -0.124. The number of nitrogens with zero attached hydrogens (tertiary/aromatic N) is 2. The van der Waals surface area contributed by atoms with E-state index in [9.17, 15) is 4.79 Å². The Kier molecular flexibility index (Phi) is 5.22. The first-order valence-electron chi connectivity index (χ1n) is 6.25. The molecule has 1 atom stereocenters. The summed E-state index contributed by atoms with van der Waals surface area (Å²) in [6.45, 7) is 8.40. The maximum Gasteiger partial charge on any atom is 0.233 e. The van der Waals surface area contributed by atoms with Gasteiger partial charge in [-0.05, 0) is 19.3 Å². The highest BCUT2D eigenvalue weighted by Gasteiger charge is 2.30. The summed E-state index contributed by atoms with van der Waals surface area (Å²) in [7, 11) is 0. The fourth-order valence-corrected chi connectivity index (χ4v) is 2.33. The number of anilines is 1. The first-order valence-corrected chi connectivity index (χ1v) is 7.07. The van der Waals surface area contributed by atoms with E-state index < -0.39 is 5.41 Å². The van der Waals surface area contributed by atoms with Crippen molar-refractivity contribution in [3.05, 3.63) is 5.01 Å². The van der Waals surface area contributed by atoms with Gasteiger partial charge in [0.25, 0.3) is 0 Å². The van der Waals surface area contributed by atoms with E-state index in [2.05, 4.69) is 29.4 Å². The molecule has 0 aliphatic carbocycles. The lowest BCUT2D eigenvalue weighted by atomic mass is 9.87. The summed E-state index contributed by atoms with van der Waals surface area (Å²) in [4.78, 5) is 12.1. The van der Waals surface area contributed by atoms with Crippen molar-refractivity contribution in [3.63, 3.8) is 0 Å². The lowest BCUT2D eigenvalue weighted by Crippen LogP contribution is -2.39. The van der Waals surface area contributed by atoms with Crippen LogP contribution < -0.4 is 11.1 Å². The molecule has 1 aromatic heterocycles. The topological polar surface area (TPSA) is 80.9 Å². The third kappa shape index (κ3) is 3.74. The van der Waals surface area contributed by atoms with Crippen LogP contribution in [0, 0.1) is 11.3 Å². The molecular weight excluding hydrogens is 248 g/mol. The zero-order chi connectivity index (χ0) is 13.8. The van der Waals surface area contributed by atoms with Crippen LogP contribution in [0.4, 0.5) is 5.13 Å². The lowest BCUT2D eigenvalue weighted by Gasteiger charge is -2.23. The Morgan fingerprint density at radius 3 is 2.67 bits per heavy atom. The van der Waals surface area contributed by atoms with Gasteiger partial charge in [0, 0.05) is 13.0 Å². The third-order valence-corrected chi connectivity index (χ3v) is 3.91. The highest BCUT2D eigenvalue weighted by molar-refractivity contribution is 7.15. The number of nitrogens with one attached hydrogen (secondary N) is 1. The van der Waals surface area contributed by atoms with E-state index in [-0.39, 0.29) is 5.91 Å². The second-order valence-electron chi connectivity index (χ2n) is 5.17. The fraction of sp³-hybridized carbons (Fsp3) is 0.750. The van der Waals surface area contributed by atoms with Crippen LogP contribution in [0.5, 0.6) is 0 Å². The number of aromatic nitrogens is 2. The normalized spacial score (nSPS) is 14.6. The minimum atomic E-state index is -0.538. The smallest absolute Gasteiger partial charge is 0.233 e. The van der Waals surface area contributed by atoms with Crippen LogP contribution in [0.1, 0.15) is 39.1 Å². The number of hydrogen-bond donors (Lipinski definition) is 2. The van der Waals surface area contributed by atoms with Gasteiger partial charge in [0.15, 0.2) is 0 Å². The number of amides is 1. The molecular formula is C12H22N4OS. The maximum atomic E-state index is 12.1. The van der Waals surface area contributed by atoms with E-state index in [1.54, 1.807) is 0 Å². The van der Waals surface area contributed by atoms with Crippen molar-refractivity contribution in [1.29, 1.82) is 0 Å². The van der Waals surface area contributed by atoms with Gasteiger partial charge in [-0.15, -0.1) is 10.2 Å². The van der Waals surface area contributed by atoms with Crippen LogP contribution in [-0.4, -0.2) is 22.6 Å². The van der Waals surface area contributed by atoms with Gasteiger partial charge in [-0.1, -0.05) is 32.1 Å². The minimum Gasteiger partial charge on any atom is -0.329 e. The molecule has 1 rings (SSSR count). The Bertz CT molecular complexity index is 399. The predicted molar refractivity (Wildman–Crippen MR) is 74.5 cm³/mol. The molecule has 102 valence electrons. The van der Waals surface area contributed by atoms with E-state index in [1.807, 2.05) is 13.8 Å². The van der Waals surface area contributed by atoms with Gasteiger partial charge >= 0.3 is 0 Å². The Labute approximate surface area is 112 Å². The average Bonchev–Trinajstić information content (AvgIpc) is 2.74. The summed E-state index contributed by atoms with van der Waals surface area (Å²) in [5.74, 6) is 0.450. The summed E-state index contributed by atoms with van der Waals surface area (Å²) in [5.41, 5.74) is 5.11. The van der Waals surface area contributed by atoms with Gasteiger partial charge in [-0.3, -0.25) is 4.79 Å². The van der Waals surface area contributed by atoms with Crippen molar-refractivity contribution < 1.29 is 4.79 Å². The van der Waals surface area contributed by atoms with Crippen molar-refractivity contribution in [2.24, 2.45) is 17.1 Å². The summed E-state index contributed by atoms with van der Waals surface area (Å²) in [6, 6.07) is 0. The molecule has 0 spiro atoms. The predicted octanol–water partition coefficient (Wildman–Crippen LogP) is 2.05. The first-order chi connectivity index (χ1) is 8.41. The zero-order valence-electron chi connectivity index (χ0n) is 11.5. The number of rotatable bonds is 6. The van der Waals surface area contributed by atoms with Crippen molar-refractivity contribution in [3.8, 4) is 0 Å². The summed E-state index contributed by atoms with van der Waals surface area (Å²) >= 11 is 1.43. The Balaban J connectivity index is 2.67. The second kappa shape index (κ2) is 6.24. The Morgan fingerprint density at radius 1 is 1.50 bits per heavy atom. The van der Waals surface area contributed by atoms with Crippen molar-refractivity contribution >= 4 is 22.4 Å². The molecule has 0 aliphatic heterocycles. The maximum absolute atomic E-state index is 12.1. The van der Waals surface area contributed by atoms with Crippen LogP contribution in [0.3, 0.4) is 0 Å². The Hall–Kier alpha value is -1.01.